The summed E-state index contributed by atoms with van der Waals surface area (Å²) in [5, 5.41) is 2.67. The highest BCUT2D eigenvalue weighted by molar-refractivity contribution is 9.10. The molecule has 0 fully saturated rings. The summed E-state index contributed by atoms with van der Waals surface area (Å²) in [6.07, 6.45) is 0.470. The number of benzene rings is 1. The summed E-state index contributed by atoms with van der Waals surface area (Å²) in [7, 11) is -1.72. The van der Waals surface area contributed by atoms with Crippen LogP contribution in [0.1, 0.15) is 40.5 Å². The average Bonchev–Trinajstić information content (AvgIpc) is 2.86. The number of nitrogens with one attached hydrogen (secondary N) is 1. The van der Waals surface area contributed by atoms with Crippen LogP contribution >= 0.6 is 15.9 Å². The number of nitrogens with zero attached hydrogens (tertiary/aromatic N) is 2. The second-order valence-corrected chi connectivity index (χ2v) is 9.41. The third-order valence-electron chi connectivity index (χ3n) is 4.31. The lowest BCUT2D eigenvalue weighted by Crippen LogP contribution is -2.35. The summed E-state index contributed by atoms with van der Waals surface area (Å²) in [6.45, 7) is 2.20. The molecule has 0 unspecified atom stereocenters. The molecule has 0 aromatic heterocycles. The third kappa shape index (κ3) is 5.14. The molecule has 0 radical (unpaired) electrons. The van der Waals surface area contributed by atoms with Crippen LogP contribution in [0.5, 0.6) is 0 Å². The minimum absolute atomic E-state index is 0.0000835. The van der Waals surface area contributed by atoms with Gasteiger partial charge in [-0.05, 0) is 31.5 Å². The third-order valence-corrected chi connectivity index (χ3v) is 6.66. The summed E-state index contributed by atoms with van der Waals surface area (Å²) >= 11 is 3.27. The highest BCUT2D eigenvalue weighted by Gasteiger charge is 2.35. The van der Waals surface area contributed by atoms with Gasteiger partial charge in [-0.2, -0.15) is 0 Å². The number of amides is 3. The Bertz CT molecular complexity index is 856. The summed E-state index contributed by atoms with van der Waals surface area (Å²) in [4.78, 5) is 37.6. The van der Waals surface area contributed by atoms with E-state index in [1.165, 1.54) is 11.4 Å². The molecule has 1 aliphatic heterocycles. The van der Waals surface area contributed by atoms with Crippen LogP contribution in [0.2, 0.25) is 0 Å². The van der Waals surface area contributed by atoms with Crippen LogP contribution in [0, 0.1) is 0 Å². The van der Waals surface area contributed by atoms with E-state index in [0.717, 1.165) is 4.90 Å². The van der Waals surface area contributed by atoms with Gasteiger partial charge in [-0.15, -0.1) is 0 Å². The molecule has 1 aliphatic rings. The van der Waals surface area contributed by atoms with Crippen LogP contribution < -0.4 is 5.32 Å². The Balaban J connectivity index is 1.77. The number of carbonyl (C=O) groups excluding carboxylic acids is 3. The van der Waals surface area contributed by atoms with Gasteiger partial charge in [0, 0.05) is 37.6 Å². The molecule has 1 heterocycles. The van der Waals surface area contributed by atoms with Gasteiger partial charge in [0.05, 0.1) is 16.9 Å². The Morgan fingerprint density at radius 1 is 1.22 bits per heavy atom. The molecule has 0 saturated carbocycles. The van der Waals surface area contributed by atoms with Gasteiger partial charge in [0.2, 0.25) is 15.9 Å². The molecule has 0 atom stereocenters. The summed E-state index contributed by atoms with van der Waals surface area (Å²) in [6, 6.07) is 4.87. The monoisotopic (exact) mass is 459 g/mol. The Morgan fingerprint density at radius 2 is 1.89 bits per heavy atom. The molecule has 1 N–H and O–H groups in total. The van der Waals surface area contributed by atoms with Crippen molar-refractivity contribution in [3.8, 4) is 0 Å². The van der Waals surface area contributed by atoms with Crippen LogP contribution in [-0.2, 0) is 14.8 Å². The molecule has 0 aliphatic carbocycles. The smallest absolute Gasteiger partial charge is 0.261 e. The first-order valence-corrected chi connectivity index (χ1v) is 10.9. The van der Waals surface area contributed by atoms with E-state index >= 15 is 0 Å². The van der Waals surface area contributed by atoms with Crippen molar-refractivity contribution in [3.63, 3.8) is 0 Å². The van der Waals surface area contributed by atoms with Gasteiger partial charge in [-0.3, -0.25) is 19.3 Å². The van der Waals surface area contributed by atoms with Crippen molar-refractivity contribution < 1.29 is 22.8 Å². The first-order chi connectivity index (χ1) is 12.7. The Labute approximate surface area is 167 Å². The maximum atomic E-state index is 12.3. The van der Waals surface area contributed by atoms with Crippen molar-refractivity contribution in [2.75, 3.05) is 32.4 Å². The topological polar surface area (TPSA) is 104 Å². The first kappa shape index (κ1) is 21.5. The zero-order chi connectivity index (χ0) is 20.2. The number of carbonyl (C=O) groups is 3. The Morgan fingerprint density at radius 3 is 2.56 bits per heavy atom. The molecule has 0 saturated heterocycles. The molecule has 10 heteroatoms. The van der Waals surface area contributed by atoms with Gasteiger partial charge in [0.1, 0.15) is 0 Å². The van der Waals surface area contributed by atoms with E-state index in [0.29, 0.717) is 35.1 Å². The second-order valence-electron chi connectivity index (χ2n) is 6.13. The van der Waals surface area contributed by atoms with Gasteiger partial charge >= 0.3 is 0 Å². The number of halogens is 1. The van der Waals surface area contributed by atoms with Crippen LogP contribution in [0.15, 0.2) is 22.7 Å². The number of hydrogen-bond donors (Lipinski definition) is 1. The molecular weight excluding hydrogens is 438 g/mol. The average molecular weight is 460 g/mol. The summed E-state index contributed by atoms with van der Waals surface area (Å²) in [5.41, 5.74) is 0.665. The normalized spacial score (nSPS) is 14.0. The fourth-order valence-corrected chi connectivity index (χ4v) is 3.87. The first-order valence-electron chi connectivity index (χ1n) is 8.54. The van der Waals surface area contributed by atoms with Gasteiger partial charge in [0.25, 0.3) is 11.8 Å². The number of rotatable bonds is 9. The van der Waals surface area contributed by atoms with Gasteiger partial charge in [0.15, 0.2) is 0 Å². The lowest BCUT2D eigenvalue weighted by molar-refractivity contribution is -0.121. The van der Waals surface area contributed by atoms with E-state index in [-0.39, 0.29) is 24.6 Å². The summed E-state index contributed by atoms with van der Waals surface area (Å²) in [5.74, 6) is -1.07. The van der Waals surface area contributed by atoms with Gasteiger partial charge < -0.3 is 5.32 Å². The van der Waals surface area contributed by atoms with E-state index < -0.39 is 21.8 Å². The van der Waals surface area contributed by atoms with E-state index in [4.69, 9.17) is 0 Å². The molecule has 8 nitrogen and oxygen atoms in total. The van der Waals surface area contributed by atoms with Gasteiger partial charge in [-0.25, -0.2) is 12.7 Å². The molecule has 2 rings (SSSR count). The number of sulfonamides is 1. The van der Waals surface area contributed by atoms with E-state index in [9.17, 15) is 22.8 Å². The minimum atomic E-state index is -3.23. The summed E-state index contributed by atoms with van der Waals surface area (Å²) < 4.78 is 25.2. The SMILES string of the molecule is CCS(=O)(=O)N(C)CCCNC(=O)CCN1C(=O)c2ccc(Br)cc2C1=O. The zero-order valence-corrected chi connectivity index (χ0v) is 17.6. The fourth-order valence-electron chi connectivity index (χ4n) is 2.66. The Hall–Kier alpha value is -1.78. The molecule has 3 amide bonds. The molecule has 1 aromatic rings. The van der Waals surface area contributed by atoms with Crippen LogP contribution in [0.3, 0.4) is 0 Å². The highest BCUT2D eigenvalue weighted by atomic mass is 79.9. The molecule has 0 spiro atoms. The van der Waals surface area contributed by atoms with E-state index in [2.05, 4.69) is 21.2 Å². The molecule has 148 valence electrons. The molecular formula is C17H22BrN3O5S. The van der Waals surface area contributed by atoms with Crippen molar-refractivity contribution in [1.82, 2.24) is 14.5 Å². The fraction of sp³-hybridized carbons (Fsp3) is 0.471. The quantitative estimate of drug-likeness (QED) is 0.441. The van der Waals surface area contributed by atoms with Crippen molar-refractivity contribution in [2.24, 2.45) is 0 Å². The maximum Gasteiger partial charge on any atom is 0.261 e. The highest BCUT2D eigenvalue weighted by Crippen LogP contribution is 2.26. The minimum Gasteiger partial charge on any atom is -0.356 e. The van der Waals surface area contributed by atoms with Crippen molar-refractivity contribution >= 4 is 43.7 Å². The van der Waals surface area contributed by atoms with Crippen LogP contribution in [0.4, 0.5) is 0 Å². The lowest BCUT2D eigenvalue weighted by atomic mass is 10.1. The van der Waals surface area contributed by atoms with Crippen molar-refractivity contribution in [3.05, 3.63) is 33.8 Å². The van der Waals surface area contributed by atoms with Crippen LogP contribution in [-0.4, -0.2) is 67.8 Å². The van der Waals surface area contributed by atoms with Gasteiger partial charge in [-0.1, -0.05) is 15.9 Å². The predicted octanol–water partition coefficient (Wildman–Crippen LogP) is 1.22. The lowest BCUT2D eigenvalue weighted by Gasteiger charge is -2.16. The van der Waals surface area contributed by atoms with Crippen LogP contribution in [0.25, 0.3) is 0 Å². The largest absolute Gasteiger partial charge is 0.356 e. The maximum absolute atomic E-state index is 12.3. The zero-order valence-electron chi connectivity index (χ0n) is 15.2. The van der Waals surface area contributed by atoms with E-state index in [1.807, 2.05) is 0 Å². The second kappa shape index (κ2) is 8.94. The van der Waals surface area contributed by atoms with Crippen molar-refractivity contribution in [1.29, 1.82) is 0 Å². The molecule has 1 aromatic carbocycles. The van der Waals surface area contributed by atoms with Crippen molar-refractivity contribution in [2.45, 2.75) is 19.8 Å². The molecule has 27 heavy (non-hydrogen) atoms. The van der Waals surface area contributed by atoms with E-state index in [1.54, 1.807) is 25.1 Å². The number of hydrogen-bond acceptors (Lipinski definition) is 5. The standard InChI is InChI=1S/C17H22BrN3O5S/c1-3-27(25,26)20(2)9-4-8-19-15(22)7-10-21-16(23)13-6-5-12(18)11-14(13)17(21)24/h5-6,11H,3-4,7-10H2,1-2H3,(H,19,22). The predicted molar refractivity (Wildman–Crippen MR) is 104 cm³/mol. The number of fused-ring (bicyclic) bond motifs is 1. The number of imide groups is 1. The molecule has 0 bridgehead atoms. The Kier molecular flexibility index (Phi) is 7.12.